The zero-order valence-corrected chi connectivity index (χ0v) is 16.3. The molecule has 30 heavy (non-hydrogen) atoms. The number of carbonyl (C=O) groups excluding carboxylic acids is 1. The number of ether oxygens (including phenoxy) is 2. The molecule has 0 saturated heterocycles. The lowest BCUT2D eigenvalue weighted by Crippen LogP contribution is -2.28. The fourth-order valence-corrected chi connectivity index (χ4v) is 2.74. The van der Waals surface area contributed by atoms with E-state index in [9.17, 15) is 23.1 Å². The number of nitrogens with one attached hydrogen (secondary N) is 1. The monoisotopic (exact) mass is 424 g/mol. The van der Waals surface area contributed by atoms with Gasteiger partial charge >= 0.3 is 6.36 Å². The van der Waals surface area contributed by atoms with E-state index in [1.165, 1.54) is 37.7 Å². The minimum absolute atomic E-state index is 0.0875. The van der Waals surface area contributed by atoms with Crippen molar-refractivity contribution in [2.75, 3.05) is 12.4 Å². The molecule has 160 valence electrons. The lowest BCUT2D eigenvalue weighted by Gasteiger charge is -2.16. The van der Waals surface area contributed by atoms with Crippen molar-refractivity contribution < 1.29 is 32.5 Å². The molecular weight excluding hydrogens is 405 g/mol. The van der Waals surface area contributed by atoms with Crippen molar-refractivity contribution in [2.45, 2.75) is 32.2 Å². The van der Waals surface area contributed by atoms with Crippen molar-refractivity contribution in [1.29, 1.82) is 0 Å². The second-order valence-corrected chi connectivity index (χ2v) is 7.05. The highest BCUT2D eigenvalue weighted by Crippen LogP contribution is 2.28. The molecule has 0 aliphatic carbocycles. The molecule has 3 rings (SSSR count). The molecular formula is C19H19F3N4O4. The third kappa shape index (κ3) is 5.17. The molecule has 0 saturated carbocycles. The summed E-state index contributed by atoms with van der Waals surface area (Å²) in [5.41, 5.74) is -0.118. The van der Waals surface area contributed by atoms with E-state index in [4.69, 9.17) is 4.74 Å². The van der Waals surface area contributed by atoms with E-state index in [0.29, 0.717) is 16.9 Å². The highest BCUT2D eigenvalue weighted by molar-refractivity contribution is 5.92. The van der Waals surface area contributed by atoms with Crippen LogP contribution in [-0.2, 0) is 4.79 Å². The minimum Gasteiger partial charge on any atom is -0.481 e. The Bertz CT molecular complexity index is 1060. The maximum Gasteiger partial charge on any atom is 0.573 e. The van der Waals surface area contributed by atoms with Gasteiger partial charge < -0.3 is 14.6 Å². The van der Waals surface area contributed by atoms with E-state index in [1.54, 1.807) is 12.1 Å². The van der Waals surface area contributed by atoms with Gasteiger partial charge in [-0.05, 0) is 44.2 Å². The van der Waals surface area contributed by atoms with Gasteiger partial charge in [0.25, 0.3) is 0 Å². The fraction of sp³-hybridized carbons (Fsp3) is 0.316. The summed E-state index contributed by atoms with van der Waals surface area (Å²) in [7, 11) is 1.43. The largest absolute Gasteiger partial charge is 0.573 e. The van der Waals surface area contributed by atoms with E-state index in [0.717, 1.165) is 12.1 Å². The van der Waals surface area contributed by atoms with Crippen LogP contribution in [0.2, 0.25) is 0 Å². The third-order valence-corrected chi connectivity index (χ3v) is 3.86. The maximum absolute atomic E-state index is 12.4. The first-order valence-corrected chi connectivity index (χ1v) is 8.77. The number of benzene rings is 1. The average Bonchev–Trinajstić information content (AvgIpc) is 2.96. The van der Waals surface area contributed by atoms with E-state index < -0.39 is 23.6 Å². The standard InChI is InChI=1S/C19H19F3N4O4/c1-18(2,28)10-14(27)24-17-23-13-8-9-15(29-3)25-16(13)26(17)11-4-6-12(7-5-11)30-19(20,21)22/h4-9,28H,10H2,1-3H3,(H,23,24,27). The number of hydrogen-bond donors (Lipinski definition) is 2. The number of amides is 1. The van der Waals surface area contributed by atoms with Gasteiger partial charge in [0.05, 0.1) is 24.8 Å². The number of alkyl halides is 3. The van der Waals surface area contributed by atoms with Crippen LogP contribution in [0.4, 0.5) is 19.1 Å². The van der Waals surface area contributed by atoms with Crippen molar-refractivity contribution in [3.05, 3.63) is 36.4 Å². The van der Waals surface area contributed by atoms with Gasteiger partial charge in [0.2, 0.25) is 17.7 Å². The number of rotatable bonds is 6. The van der Waals surface area contributed by atoms with Crippen molar-refractivity contribution in [3.63, 3.8) is 0 Å². The Morgan fingerprint density at radius 1 is 1.13 bits per heavy atom. The summed E-state index contributed by atoms with van der Waals surface area (Å²) in [5.74, 6) is -0.517. The lowest BCUT2D eigenvalue weighted by molar-refractivity contribution is -0.274. The number of aliphatic hydroxyl groups is 1. The quantitative estimate of drug-likeness (QED) is 0.629. The van der Waals surface area contributed by atoms with Crippen LogP contribution in [0.5, 0.6) is 11.6 Å². The number of hydrogen-bond acceptors (Lipinski definition) is 6. The first-order chi connectivity index (χ1) is 13.9. The zero-order valence-electron chi connectivity index (χ0n) is 16.3. The van der Waals surface area contributed by atoms with Crippen molar-refractivity contribution in [3.8, 4) is 17.3 Å². The molecule has 11 heteroatoms. The van der Waals surface area contributed by atoms with Crippen LogP contribution < -0.4 is 14.8 Å². The third-order valence-electron chi connectivity index (χ3n) is 3.86. The average molecular weight is 424 g/mol. The summed E-state index contributed by atoms with van der Waals surface area (Å²) in [6.45, 7) is 2.97. The molecule has 0 atom stereocenters. The number of pyridine rings is 1. The van der Waals surface area contributed by atoms with Gasteiger partial charge in [0.1, 0.15) is 11.3 Å². The molecule has 0 aliphatic rings. The summed E-state index contributed by atoms with van der Waals surface area (Å²) >= 11 is 0. The van der Waals surface area contributed by atoms with Crippen LogP contribution >= 0.6 is 0 Å². The van der Waals surface area contributed by atoms with E-state index >= 15 is 0 Å². The highest BCUT2D eigenvalue weighted by Gasteiger charge is 2.31. The van der Waals surface area contributed by atoms with Crippen LogP contribution in [0, 0.1) is 0 Å². The molecule has 0 fully saturated rings. The van der Waals surface area contributed by atoms with Crippen LogP contribution in [0.1, 0.15) is 20.3 Å². The van der Waals surface area contributed by atoms with Crippen molar-refractivity contribution in [2.24, 2.45) is 0 Å². The predicted octanol–water partition coefficient (Wildman–Crippen LogP) is 3.43. The number of anilines is 1. The molecule has 2 N–H and O–H groups in total. The predicted molar refractivity (Wildman–Crippen MR) is 102 cm³/mol. The van der Waals surface area contributed by atoms with Crippen LogP contribution in [0.25, 0.3) is 16.9 Å². The van der Waals surface area contributed by atoms with Gasteiger partial charge in [0.15, 0.2) is 5.65 Å². The van der Waals surface area contributed by atoms with Gasteiger partial charge in [0, 0.05) is 6.07 Å². The summed E-state index contributed by atoms with van der Waals surface area (Å²) in [5, 5.41) is 12.5. The summed E-state index contributed by atoms with van der Waals surface area (Å²) < 4.78 is 47.7. The topological polar surface area (TPSA) is 98.5 Å². The Balaban J connectivity index is 2.05. The van der Waals surface area contributed by atoms with E-state index in [-0.39, 0.29) is 18.2 Å². The summed E-state index contributed by atoms with van der Waals surface area (Å²) in [4.78, 5) is 21.0. The smallest absolute Gasteiger partial charge is 0.481 e. The molecule has 1 amide bonds. The van der Waals surface area contributed by atoms with Gasteiger partial charge in [-0.2, -0.15) is 4.98 Å². The number of imidazole rings is 1. The number of nitrogens with zero attached hydrogens (tertiary/aromatic N) is 3. The molecule has 8 nitrogen and oxygen atoms in total. The van der Waals surface area contributed by atoms with E-state index in [1.807, 2.05) is 0 Å². The molecule has 0 spiro atoms. The minimum atomic E-state index is -4.81. The fourth-order valence-electron chi connectivity index (χ4n) is 2.74. The Hall–Kier alpha value is -3.34. The second kappa shape index (κ2) is 7.82. The summed E-state index contributed by atoms with van der Waals surface area (Å²) in [6.07, 6.45) is -5.00. The van der Waals surface area contributed by atoms with Gasteiger partial charge in [-0.3, -0.25) is 14.7 Å². The zero-order chi connectivity index (χ0) is 22.1. The molecule has 2 heterocycles. The number of carbonyl (C=O) groups is 1. The number of aromatic nitrogens is 3. The second-order valence-electron chi connectivity index (χ2n) is 7.05. The van der Waals surface area contributed by atoms with Gasteiger partial charge in [-0.15, -0.1) is 13.2 Å². The Morgan fingerprint density at radius 2 is 1.80 bits per heavy atom. The first kappa shape index (κ1) is 21.4. The Morgan fingerprint density at radius 3 is 2.37 bits per heavy atom. The molecule has 2 aromatic heterocycles. The number of fused-ring (bicyclic) bond motifs is 1. The van der Waals surface area contributed by atoms with Crippen molar-refractivity contribution >= 4 is 23.0 Å². The first-order valence-electron chi connectivity index (χ1n) is 8.77. The highest BCUT2D eigenvalue weighted by atomic mass is 19.4. The molecule has 1 aromatic carbocycles. The van der Waals surface area contributed by atoms with Crippen molar-refractivity contribution in [1.82, 2.24) is 14.5 Å². The number of methoxy groups -OCH3 is 1. The normalized spacial score (nSPS) is 12.1. The van der Waals surface area contributed by atoms with E-state index in [2.05, 4.69) is 20.0 Å². The molecule has 0 aliphatic heterocycles. The lowest BCUT2D eigenvalue weighted by atomic mass is 10.1. The molecule has 3 aromatic rings. The van der Waals surface area contributed by atoms with Crippen LogP contribution in [-0.4, -0.2) is 44.6 Å². The SMILES string of the molecule is COc1ccc2nc(NC(=O)CC(C)(C)O)n(-c3ccc(OC(F)(F)F)cc3)c2n1. The Labute approximate surface area is 169 Å². The summed E-state index contributed by atoms with van der Waals surface area (Å²) in [6, 6.07) is 8.23. The maximum atomic E-state index is 12.4. The van der Waals surface area contributed by atoms with Crippen LogP contribution in [0.15, 0.2) is 36.4 Å². The Kier molecular flexibility index (Phi) is 5.57. The van der Waals surface area contributed by atoms with Gasteiger partial charge in [-0.1, -0.05) is 0 Å². The molecule has 0 bridgehead atoms. The number of halogens is 3. The molecule has 0 radical (unpaired) electrons. The van der Waals surface area contributed by atoms with Crippen LogP contribution in [0.3, 0.4) is 0 Å². The van der Waals surface area contributed by atoms with Gasteiger partial charge in [-0.25, -0.2) is 4.98 Å². The molecule has 0 unspecified atom stereocenters.